The van der Waals surface area contributed by atoms with E-state index in [4.69, 9.17) is 0 Å². The summed E-state index contributed by atoms with van der Waals surface area (Å²) >= 11 is 0. The maximum absolute atomic E-state index is 13.1. The Balaban J connectivity index is 1.84. The first-order chi connectivity index (χ1) is 15.4. The van der Waals surface area contributed by atoms with Gasteiger partial charge in [0.1, 0.15) is 0 Å². The van der Waals surface area contributed by atoms with Gasteiger partial charge in [-0.3, -0.25) is 9.59 Å². The number of carbonyl (C=O) groups is 2. The minimum Gasteiger partial charge on any atom is -0.339 e. The second kappa shape index (κ2) is 10.7. The first kappa shape index (κ1) is 23.9. The van der Waals surface area contributed by atoms with Gasteiger partial charge in [0, 0.05) is 31.7 Å². The van der Waals surface area contributed by atoms with Gasteiger partial charge in [-0.15, -0.1) is 0 Å². The van der Waals surface area contributed by atoms with Crippen molar-refractivity contribution in [2.75, 3.05) is 31.5 Å². The second-order valence-electron chi connectivity index (χ2n) is 7.82. The van der Waals surface area contributed by atoms with Gasteiger partial charge < -0.3 is 10.2 Å². The van der Waals surface area contributed by atoms with Crippen LogP contribution in [0.15, 0.2) is 53.4 Å². The smallest absolute Gasteiger partial charge is 0.255 e. The van der Waals surface area contributed by atoms with Crippen molar-refractivity contribution in [3.05, 3.63) is 59.7 Å². The van der Waals surface area contributed by atoms with Gasteiger partial charge in [-0.05, 0) is 57.0 Å². The minimum atomic E-state index is -3.66. The molecular weight excluding hydrogens is 426 g/mol. The molecule has 2 aromatic carbocycles. The third-order valence-corrected chi connectivity index (χ3v) is 7.65. The van der Waals surface area contributed by atoms with E-state index in [1.54, 1.807) is 41.3 Å². The number of amides is 2. The van der Waals surface area contributed by atoms with Crippen LogP contribution in [-0.2, 0) is 10.0 Å². The molecule has 0 spiro atoms. The van der Waals surface area contributed by atoms with Crippen LogP contribution in [0.3, 0.4) is 0 Å². The maximum atomic E-state index is 13.1. The van der Waals surface area contributed by atoms with Crippen LogP contribution in [0.1, 0.15) is 60.2 Å². The lowest BCUT2D eigenvalue weighted by molar-refractivity contribution is 0.0774. The summed E-state index contributed by atoms with van der Waals surface area (Å²) < 4.78 is 27.7. The molecule has 32 heavy (non-hydrogen) atoms. The Morgan fingerprint density at radius 2 is 1.59 bits per heavy atom. The second-order valence-corrected chi connectivity index (χ2v) is 9.76. The molecule has 172 valence electrons. The monoisotopic (exact) mass is 457 g/mol. The fraction of sp³-hybridized carbons (Fsp3) is 0.417. The number of anilines is 1. The van der Waals surface area contributed by atoms with E-state index in [-0.39, 0.29) is 16.4 Å². The number of sulfonamides is 1. The molecule has 3 rings (SSSR count). The molecule has 1 heterocycles. The van der Waals surface area contributed by atoms with E-state index in [0.717, 1.165) is 25.7 Å². The lowest BCUT2D eigenvalue weighted by atomic mass is 10.1. The molecule has 1 saturated heterocycles. The zero-order chi connectivity index (χ0) is 23.1. The Hall–Kier alpha value is -2.71. The lowest BCUT2D eigenvalue weighted by Crippen LogP contribution is -2.32. The molecular formula is C24H31N3O4S. The topological polar surface area (TPSA) is 86.8 Å². The molecule has 7 nitrogen and oxygen atoms in total. The maximum Gasteiger partial charge on any atom is 0.255 e. The van der Waals surface area contributed by atoms with Gasteiger partial charge >= 0.3 is 0 Å². The Bertz CT molecular complexity index is 1060. The summed E-state index contributed by atoms with van der Waals surface area (Å²) in [6.45, 7) is 5.93. The molecule has 0 radical (unpaired) electrons. The van der Waals surface area contributed by atoms with E-state index in [9.17, 15) is 18.0 Å². The predicted octanol–water partition coefficient (Wildman–Crippen LogP) is 3.99. The largest absolute Gasteiger partial charge is 0.339 e. The van der Waals surface area contributed by atoms with Crippen molar-refractivity contribution < 1.29 is 18.0 Å². The van der Waals surface area contributed by atoms with Crippen LogP contribution in [0, 0.1) is 0 Å². The normalized spacial score (nSPS) is 15.1. The van der Waals surface area contributed by atoms with Gasteiger partial charge in [-0.25, -0.2) is 8.42 Å². The standard InChI is InChI=1S/C24H31N3O4S/c1-3-26(4-2)24(29)21-14-7-8-15-22(21)25-23(28)19-12-11-13-20(18-19)32(30,31)27-16-9-5-6-10-17-27/h7-8,11-15,18H,3-6,9-10,16-17H2,1-2H3,(H,25,28). The van der Waals surface area contributed by atoms with Crippen LogP contribution >= 0.6 is 0 Å². The predicted molar refractivity (Wildman–Crippen MR) is 125 cm³/mol. The van der Waals surface area contributed by atoms with Gasteiger partial charge in [0.05, 0.1) is 16.1 Å². The Labute approximate surface area is 190 Å². The molecule has 8 heteroatoms. The van der Waals surface area contributed by atoms with Crippen LogP contribution in [0.25, 0.3) is 0 Å². The summed E-state index contributed by atoms with van der Waals surface area (Å²) in [6.07, 6.45) is 3.74. The molecule has 1 aliphatic heterocycles. The molecule has 2 aromatic rings. The Kier molecular flexibility index (Phi) is 8.04. The average molecular weight is 458 g/mol. The number of hydrogen-bond donors (Lipinski definition) is 1. The molecule has 0 saturated carbocycles. The average Bonchev–Trinajstić information content (AvgIpc) is 3.10. The number of nitrogens with zero attached hydrogens (tertiary/aromatic N) is 2. The van der Waals surface area contributed by atoms with Gasteiger partial charge in [0.25, 0.3) is 11.8 Å². The van der Waals surface area contributed by atoms with Crippen molar-refractivity contribution in [2.45, 2.75) is 44.4 Å². The highest BCUT2D eigenvalue weighted by atomic mass is 32.2. The summed E-state index contributed by atoms with van der Waals surface area (Å²) in [6, 6.07) is 12.9. The first-order valence-electron chi connectivity index (χ1n) is 11.2. The number of para-hydroxylation sites is 1. The van der Waals surface area contributed by atoms with E-state index in [1.165, 1.54) is 16.4 Å². The molecule has 1 N–H and O–H groups in total. The summed E-state index contributed by atoms with van der Waals surface area (Å²) in [7, 11) is -3.66. The summed E-state index contributed by atoms with van der Waals surface area (Å²) in [4.78, 5) is 27.6. The van der Waals surface area contributed by atoms with Gasteiger partial charge in [-0.2, -0.15) is 4.31 Å². The number of nitrogens with one attached hydrogen (secondary N) is 1. The number of rotatable bonds is 7. The Morgan fingerprint density at radius 3 is 2.25 bits per heavy atom. The third-order valence-electron chi connectivity index (χ3n) is 5.76. The summed E-state index contributed by atoms with van der Waals surface area (Å²) in [5, 5.41) is 2.78. The van der Waals surface area contributed by atoms with E-state index < -0.39 is 15.9 Å². The molecule has 2 amide bonds. The molecule has 1 fully saturated rings. The van der Waals surface area contributed by atoms with Crippen molar-refractivity contribution >= 4 is 27.5 Å². The van der Waals surface area contributed by atoms with Crippen molar-refractivity contribution in [2.24, 2.45) is 0 Å². The molecule has 0 aromatic heterocycles. The van der Waals surface area contributed by atoms with Crippen LogP contribution in [0.4, 0.5) is 5.69 Å². The van der Waals surface area contributed by atoms with Crippen LogP contribution in [-0.4, -0.2) is 55.6 Å². The number of carbonyl (C=O) groups excluding carboxylic acids is 2. The van der Waals surface area contributed by atoms with E-state index in [1.807, 2.05) is 13.8 Å². The molecule has 0 atom stereocenters. The SMILES string of the molecule is CCN(CC)C(=O)c1ccccc1NC(=O)c1cccc(S(=O)(=O)N2CCCCCC2)c1. The highest BCUT2D eigenvalue weighted by Gasteiger charge is 2.26. The molecule has 0 aliphatic carbocycles. The van der Waals surface area contributed by atoms with Gasteiger partial charge in [-0.1, -0.05) is 31.0 Å². The fourth-order valence-electron chi connectivity index (χ4n) is 3.88. The van der Waals surface area contributed by atoms with Crippen molar-refractivity contribution in [1.29, 1.82) is 0 Å². The number of benzene rings is 2. The van der Waals surface area contributed by atoms with Gasteiger partial charge in [0.2, 0.25) is 10.0 Å². The van der Waals surface area contributed by atoms with E-state index >= 15 is 0 Å². The zero-order valence-electron chi connectivity index (χ0n) is 18.7. The first-order valence-corrected chi connectivity index (χ1v) is 12.6. The molecule has 0 unspecified atom stereocenters. The quantitative estimate of drug-likeness (QED) is 0.681. The van der Waals surface area contributed by atoms with E-state index in [0.29, 0.717) is 37.4 Å². The highest BCUT2D eigenvalue weighted by Crippen LogP contribution is 2.23. The summed E-state index contributed by atoms with van der Waals surface area (Å²) in [5.74, 6) is -0.624. The lowest BCUT2D eigenvalue weighted by Gasteiger charge is -2.21. The van der Waals surface area contributed by atoms with Crippen LogP contribution < -0.4 is 5.32 Å². The highest BCUT2D eigenvalue weighted by molar-refractivity contribution is 7.89. The van der Waals surface area contributed by atoms with Crippen molar-refractivity contribution in [1.82, 2.24) is 9.21 Å². The van der Waals surface area contributed by atoms with Crippen molar-refractivity contribution in [3.63, 3.8) is 0 Å². The van der Waals surface area contributed by atoms with E-state index in [2.05, 4.69) is 5.32 Å². The van der Waals surface area contributed by atoms with Crippen molar-refractivity contribution in [3.8, 4) is 0 Å². The minimum absolute atomic E-state index is 0.111. The van der Waals surface area contributed by atoms with Crippen LogP contribution in [0.5, 0.6) is 0 Å². The summed E-state index contributed by atoms with van der Waals surface area (Å²) in [5.41, 5.74) is 1.03. The molecule has 1 aliphatic rings. The van der Waals surface area contributed by atoms with Crippen LogP contribution in [0.2, 0.25) is 0 Å². The molecule has 0 bridgehead atoms. The Morgan fingerprint density at radius 1 is 0.938 bits per heavy atom. The van der Waals surface area contributed by atoms with Gasteiger partial charge in [0.15, 0.2) is 0 Å². The zero-order valence-corrected chi connectivity index (χ0v) is 19.5. The number of hydrogen-bond acceptors (Lipinski definition) is 4. The fourth-order valence-corrected chi connectivity index (χ4v) is 5.45. The third kappa shape index (κ3) is 5.37.